The first-order valence-corrected chi connectivity index (χ1v) is 7.54. The highest BCUT2D eigenvalue weighted by atomic mass is 79.9. The predicted molar refractivity (Wildman–Crippen MR) is 82.1 cm³/mol. The normalized spacial score (nSPS) is 10.7. The monoisotopic (exact) mass is 371 g/mol. The van der Waals surface area contributed by atoms with E-state index in [4.69, 9.17) is 0 Å². The van der Waals surface area contributed by atoms with Gasteiger partial charge in [-0.3, -0.25) is 4.68 Å². The van der Waals surface area contributed by atoms with Crippen LogP contribution >= 0.6 is 31.9 Å². The molecule has 1 aromatic heterocycles. The Morgan fingerprint density at radius 3 is 2.78 bits per heavy atom. The van der Waals surface area contributed by atoms with Gasteiger partial charge in [0.1, 0.15) is 0 Å². The van der Waals surface area contributed by atoms with E-state index in [1.54, 1.807) is 0 Å². The molecule has 2 aromatic rings. The van der Waals surface area contributed by atoms with Crippen LogP contribution in [-0.2, 0) is 18.9 Å². The topological polar surface area (TPSA) is 21.1 Å². The molecule has 3 nitrogen and oxygen atoms in total. The number of benzene rings is 1. The lowest BCUT2D eigenvalue weighted by Crippen LogP contribution is -2.17. The zero-order valence-electron chi connectivity index (χ0n) is 10.4. The molecule has 0 fully saturated rings. The predicted octanol–water partition coefficient (Wildman–Crippen LogP) is 3.71. The molecule has 5 heteroatoms. The summed E-state index contributed by atoms with van der Waals surface area (Å²) in [5.74, 6) is 0. The van der Waals surface area contributed by atoms with Gasteiger partial charge in [0.15, 0.2) is 0 Å². The molecule has 96 valence electrons. The third-order valence-electron chi connectivity index (χ3n) is 2.78. The molecule has 0 saturated heterocycles. The number of nitrogens with zero attached hydrogens (tertiary/aromatic N) is 3. The van der Waals surface area contributed by atoms with Crippen LogP contribution in [-0.4, -0.2) is 16.8 Å². The lowest BCUT2D eigenvalue weighted by molar-refractivity contribution is 0.766. The van der Waals surface area contributed by atoms with Crippen molar-refractivity contribution in [3.8, 4) is 0 Å². The summed E-state index contributed by atoms with van der Waals surface area (Å²) in [6.07, 6.45) is 3.95. The number of halogens is 2. The summed E-state index contributed by atoms with van der Waals surface area (Å²) in [6.45, 7) is 0.851. The molecule has 1 aromatic carbocycles. The largest absolute Gasteiger partial charge is 0.370 e. The van der Waals surface area contributed by atoms with Crippen molar-refractivity contribution in [2.24, 2.45) is 7.05 Å². The summed E-state index contributed by atoms with van der Waals surface area (Å²) < 4.78 is 2.93. The maximum absolute atomic E-state index is 4.19. The van der Waals surface area contributed by atoms with Crippen LogP contribution in [0.1, 0.15) is 11.1 Å². The fourth-order valence-corrected chi connectivity index (χ4v) is 2.74. The highest BCUT2D eigenvalue weighted by molar-refractivity contribution is 9.10. The molecule has 0 unspecified atom stereocenters. The summed E-state index contributed by atoms with van der Waals surface area (Å²) in [4.78, 5) is 2.23. The molecular formula is C13H15Br2N3. The van der Waals surface area contributed by atoms with Gasteiger partial charge >= 0.3 is 0 Å². The molecule has 18 heavy (non-hydrogen) atoms. The van der Waals surface area contributed by atoms with Crippen LogP contribution in [0.4, 0.5) is 5.69 Å². The molecule has 0 saturated carbocycles. The van der Waals surface area contributed by atoms with E-state index >= 15 is 0 Å². The van der Waals surface area contributed by atoms with Crippen molar-refractivity contribution >= 4 is 37.5 Å². The molecule has 1 heterocycles. The van der Waals surface area contributed by atoms with Gasteiger partial charge in [0.05, 0.1) is 6.20 Å². The third-order valence-corrected chi connectivity index (χ3v) is 3.88. The van der Waals surface area contributed by atoms with Crippen LogP contribution in [0.25, 0.3) is 0 Å². The van der Waals surface area contributed by atoms with Crippen molar-refractivity contribution < 1.29 is 0 Å². The van der Waals surface area contributed by atoms with E-state index in [0.717, 1.165) is 16.3 Å². The lowest BCUT2D eigenvalue weighted by Gasteiger charge is -2.21. The molecule has 0 aliphatic rings. The van der Waals surface area contributed by atoms with Crippen LogP contribution < -0.4 is 4.90 Å². The van der Waals surface area contributed by atoms with Crippen molar-refractivity contribution in [3.05, 3.63) is 46.2 Å². The second-order valence-electron chi connectivity index (χ2n) is 4.28. The van der Waals surface area contributed by atoms with Gasteiger partial charge in [-0.15, -0.1) is 0 Å². The van der Waals surface area contributed by atoms with Crippen molar-refractivity contribution in [1.29, 1.82) is 0 Å². The van der Waals surface area contributed by atoms with E-state index in [0.29, 0.717) is 0 Å². The van der Waals surface area contributed by atoms with Gasteiger partial charge in [0.2, 0.25) is 0 Å². The van der Waals surface area contributed by atoms with Gasteiger partial charge in [-0.25, -0.2) is 0 Å². The molecule has 0 N–H and O–H groups in total. The Bertz CT molecular complexity index is 537. The molecule has 0 bridgehead atoms. The van der Waals surface area contributed by atoms with E-state index in [-0.39, 0.29) is 0 Å². The molecular weight excluding hydrogens is 358 g/mol. The van der Waals surface area contributed by atoms with Crippen LogP contribution in [0.2, 0.25) is 0 Å². The Kier molecular flexibility index (Phi) is 4.45. The van der Waals surface area contributed by atoms with Crippen molar-refractivity contribution in [3.63, 3.8) is 0 Å². The van der Waals surface area contributed by atoms with E-state index in [9.17, 15) is 0 Å². The van der Waals surface area contributed by atoms with Crippen molar-refractivity contribution in [1.82, 2.24) is 9.78 Å². The molecule has 0 amide bonds. The summed E-state index contributed by atoms with van der Waals surface area (Å²) in [6, 6.07) is 6.35. The Morgan fingerprint density at radius 1 is 1.39 bits per heavy atom. The van der Waals surface area contributed by atoms with Crippen LogP contribution in [0.3, 0.4) is 0 Å². The van der Waals surface area contributed by atoms with Gasteiger partial charge in [-0.2, -0.15) is 5.10 Å². The number of aromatic nitrogens is 2. The Morgan fingerprint density at radius 2 is 2.17 bits per heavy atom. The minimum Gasteiger partial charge on any atom is -0.370 e. The maximum Gasteiger partial charge on any atom is 0.0539 e. The zero-order valence-corrected chi connectivity index (χ0v) is 13.6. The van der Waals surface area contributed by atoms with Crippen molar-refractivity contribution in [2.75, 3.05) is 11.9 Å². The summed E-state index contributed by atoms with van der Waals surface area (Å²) in [5.41, 5.74) is 3.72. The van der Waals surface area contributed by atoms with Gasteiger partial charge in [0.25, 0.3) is 0 Å². The van der Waals surface area contributed by atoms with Crippen LogP contribution in [0, 0.1) is 0 Å². The van der Waals surface area contributed by atoms with E-state index in [2.05, 4.69) is 67.1 Å². The zero-order chi connectivity index (χ0) is 13.1. The minimum atomic E-state index is 0.851. The van der Waals surface area contributed by atoms with E-state index in [1.807, 2.05) is 24.1 Å². The number of hydrogen-bond acceptors (Lipinski definition) is 2. The Labute approximate surface area is 124 Å². The fraction of sp³-hybridized carbons (Fsp3) is 0.308. The number of rotatable bonds is 4. The molecule has 0 aliphatic heterocycles. The van der Waals surface area contributed by atoms with Crippen LogP contribution in [0.15, 0.2) is 35.1 Å². The molecule has 0 spiro atoms. The van der Waals surface area contributed by atoms with Crippen molar-refractivity contribution in [2.45, 2.75) is 11.9 Å². The quantitative estimate of drug-likeness (QED) is 0.762. The molecule has 0 atom stereocenters. The average Bonchev–Trinajstić information content (AvgIpc) is 2.74. The first-order chi connectivity index (χ1) is 8.60. The summed E-state index contributed by atoms with van der Waals surface area (Å²) >= 11 is 7.06. The van der Waals surface area contributed by atoms with Gasteiger partial charge in [-0.05, 0) is 17.7 Å². The lowest BCUT2D eigenvalue weighted by atomic mass is 10.2. The number of hydrogen-bond donors (Lipinski definition) is 0. The summed E-state index contributed by atoms with van der Waals surface area (Å²) in [7, 11) is 4.04. The average molecular weight is 373 g/mol. The SMILES string of the molecule is CN(Cc1cnn(C)c1)c1cc(Br)ccc1CBr. The molecule has 0 radical (unpaired) electrons. The number of aryl methyl sites for hydroxylation is 1. The Hall–Kier alpha value is -0.810. The molecule has 0 aliphatic carbocycles. The fourth-order valence-electron chi connectivity index (χ4n) is 1.92. The molecule has 2 rings (SSSR count). The third kappa shape index (κ3) is 3.14. The Balaban J connectivity index is 2.22. The second kappa shape index (κ2) is 5.89. The van der Waals surface area contributed by atoms with Gasteiger partial charge < -0.3 is 4.90 Å². The standard InChI is InChI=1S/C13H15Br2N3/c1-17(8-10-7-16-18(2)9-10)13-5-12(15)4-3-11(13)6-14/h3-5,7,9H,6,8H2,1-2H3. The first kappa shape index (κ1) is 13.6. The first-order valence-electron chi connectivity index (χ1n) is 5.63. The highest BCUT2D eigenvalue weighted by Crippen LogP contribution is 2.27. The highest BCUT2D eigenvalue weighted by Gasteiger charge is 2.09. The maximum atomic E-state index is 4.19. The summed E-state index contributed by atoms with van der Waals surface area (Å²) in [5, 5.41) is 5.05. The second-order valence-corrected chi connectivity index (χ2v) is 5.76. The van der Waals surface area contributed by atoms with Gasteiger partial charge in [0, 0.05) is 47.9 Å². The van der Waals surface area contributed by atoms with E-state index < -0.39 is 0 Å². The van der Waals surface area contributed by atoms with E-state index in [1.165, 1.54) is 16.8 Å². The number of anilines is 1. The van der Waals surface area contributed by atoms with Gasteiger partial charge in [-0.1, -0.05) is 37.9 Å². The number of alkyl halides is 1. The van der Waals surface area contributed by atoms with Crippen LogP contribution in [0.5, 0.6) is 0 Å². The smallest absolute Gasteiger partial charge is 0.0539 e. The minimum absolute atomic E-state index is 0.851.